The van der Waals surface area contributed by atoms with Crippen molar-refractivity contribution < 1.29 is 40.2 Å². The molecular weight excluding hydrogens is 420 g/mol. The average Bonchev–Trinajstić information content (AvgIpc) is 2.68. The summed E-state index contributed by atoms with van der Waals surface area (Å²) in [4.78, 5) is 27.2. The van der Waals surface area contributed by atoms with Crippen molar-refractivity contribution in [1.29, 1.82) is 0 Å². The summed E-state index contributed by atoms with van der Waals surface area (Å²) in [6, 6.07) is 3.19. The van der Waals surface area contributed by atoms with Crippen LogP contribution in [0.2, 0.25) is 0 Å². The van der Waals surface area contributed by atoms with Gasteiger partial charge in [-0.1, -0.05) is 12.1 Å². The number of ketones is 1. The molecule has 0 aliphatic heterocycles. The lowest BCUT2D eigenvalue weighted by Gasteiger charge is -2.55. The number of hydrogen-bond donors (Lipinski definition) is 7. The molecule has 6 atom stereocenters. The Kier molecular flexibility index (Phi) is 4.73. The van der Waals surface area contributed by atoms with Crippen molar-refractivity contribution in [1.82, 2.24) is 4.90 Å². The van der Waals surface area contributed by atoms with Gasteiger partial charge in [-0.15, -0.1) is 0 Å². The molecule has 172 valence electrons. The molecule has 10 heteroatoms. The van der Waals surface area contributed by atoms with Crippen LogP contribution in [0, 0.1) is 11.8 Å². The highest BCUT2D eigenvalue weighted by Gasteiger charge is 2.66. The maximum absolute atomic E-state index is 13.7. The Labute approximate surface area is 183 Å². The molecule has 32 heavy (non-hydrogen) atoms. The molecule has 3 aliphatic rings. The SMILES string of the molecule is CN(C)[C@@H]1C(O)=C(C(N)=O)C(O)[C@@]2(O)C(=O)C3=C(O)c4c(O)cccc4[C@@](C)(O)[C@H]3C[C@@H]12. The van der Waals surface area contributed by atoms with Crippen molar-refractivity contribution >= 4 is 17.4 Å². The van der Waals surface area contributed by atoms with E-state index in [9.17, 15) is 40.2 Å². The molecule has 0 heterocycles. The van der Waals surface area contributed by atoms with Gasteiger partial charge in [0, 0.05) is 17.4 Å². The van der Waals surface area contributed by atoms with Gasteiger partial charge in [0.2, 0.25) is 0 Å². The van der Waals surface area contributed by atoms with Crippen LogP contribution in [0.4, 0.5) is 0 Å². The fourth-order valence-electron chi connectivity index (χ4n) is 5.68. The van der Waals surface area contributed by atoms with Gasteiger partial charge >= 0.3 is 0 Å². The summed E-state index contributed by atoms with van der Waals surface area (Å²) in [6.07, 6.45) is -2.30. The fourth-order valence-corrected chi connectivity index (χ4v) is 5.68. The summed E-state index contributed by atoms with van der Waals surface area (Å²) in [6.45, 7) is 1.43. The van der Waals surface area contributed by atoms with E-state index in [-0.39, 0.29) is 28.9 Å². The van der Waals surface area contributed by atoms with E-state index in [2.05, 4.69) is 0 Å². The Balaban J connectivity index is 2.02. The van der Waals surface area contributed by atoms with E-state index in [0.717, 1.165) is 0 Å². The third-order valence-electron chi connectivity index (χ3n) is 7.22. The first kappa shape index (κ1) is 22.3. The number of likely N-dealkylation sites (N-methyl/N-ethyl adjacent to an activating group) is 1. The summed E-state index contributed by atoms with van der Waals surface area (Å²) in [5, 5.41) is 65.9. The summed E-state index contributed by atoms with van der Waals surface area (Å²) < 4.78 is 0. The molecule has 0 bridgehead atoms. The average molecular weight is 446 g/mol. The number of primary amides is 1. The van der Waals surface area contributed by atoms with Crippen molar-refractivity contribution in [3.63, 3.8) is 0 Å². The van der Waals surface area contributed by atoms with Crippen LogP contribution < -0.4 is 5.73 Å². The van der Waals surface area contributed by atoms with Crippen molar-refractivity contribution in [3.05, 3.63) is 46.2 Å². The lowest BCUT2D eigenvalue weighted by molar-refractivity contribution is -0.176. The molecule has 1 saturated carbocycles. The number of aromatic hydroxyl groups is 1. The summed E-state index contributed by atoms with van der Waals surface area (Å²) >= 11 is 0. The fraction of sp³-hybridized carbons (Fsp3) is 0.455. The molecule has 0 saturated heterocycles. The van der Waals surface area contributed by atoms with Crippen LogP contribution >= 0.6 is 0 Å². The Morgan fingerprint density at radius 2 is 1.81 bits per heavy atom. The van der Waals surface area contributed by atoms with Crippen molar-refractivity contribution in [2.75, 3.05) is 14.1 Å². The van der Waals surface area contributed by atoms with Gasteiger partial charge in [-0.3, -0.25) is 14.5 Å². The van der Waals surface area contributed by atoms with Gasteiger partial charge in [0.25, 0.3) is 5.91 Å². The van der Waals surface area contributed by atoms with Crippen LogP contribution in [0.5, 0.6) is 5.75 Å². The zero-order chi connectivity index (χ0) is 23.9. The summed E-state index contributed by atoms with van der Waals surface area (Å²) in [7, 11) is 3.11. The van der Waals surface area contributed by atoms with Crippen molar-refractivity contribution in [3.8, 4) is 5.75 Å². The molecule has 0 radical (unpaired) electrons. The largest absolute Gasteiger partial charge is 0.510 e. The van der Waals surface area contributed by atoms with Gasteiger partial charge in [-0.2, -0.15) is 0 Å². The molecule has 10 nitrogen and oxygen atoms in total. The number of carbonyl (C=O) groups excluding carboxylic acids is 2. The first-order chi connectivity index (χ1) is 14.8. The molecule has 8 N–H and O–H groups in total. The molecular formula is C22H26N2O8. The number of Topliss-reactive ketones (excluding diaryl/α,β-unsaturated/α-hetero) is 1. The second-order valence-corrected chi connectivity index (χ2v) is 9.13. The van der Waals surface area contributed by atoms with Crippen LogP contribution in [0.1, 0.15) is 24.5 Å². The molecule has 1 aromatic rings. The van der Waals surface area contributed by atoms with Gasteiger partial charge in [-0.05, 0) is 39.1 Å². The zero-order valence-corrected chi connectivity index (χ0v) is 17.8. The van der Waals surface area contributed by atoms with Crippen molar-refractivity contribution in [2.45, 2.75) is 36.7 Å². The quantitative estimate of drug-likeness (QED) is 0.312. The number of benzene rings is 1. The maximum atomic E-state index is 13.7. The van der Waals surface area contributed by atoms with Crippen LogP contribution in [0.15, 0.2) is 35.1 Å². The van der Waals surface area contributed by atoms with Gasteiger partial charge < -0.3 is 36.4 Å². The molecule has 0 aromatic heterocycles. The van der Waals surface area contributed by atoms with Crippen LogP contribution in [0.3, 0.4) is 0 Å². The Morgan fingerprint density at radius 3 is 2.38 bits per heavy atom. The molecule has 1 fully saturated rings. The lowest BCUT2D eigenvalue weighted by atomic mass is 9.54. The van der Waals surface area contributed by atoms with Gasteiger partial charge in [0.05, 0.1) is 22.8 Å². The molecule has 3 aliphatic carbocycles. The molecule has 4 rings (SSSR count). The number of rotatable bonds is 2. The first-order valence-electron chi connectivity index (χ1n) is 10.1. The minimum Gasteiger partial charge on any atom is -0.510 e. The topological polar surface area (TPSA) is 185 Å². The second-order valence-electron chi connectivity index (χ2n) is 9.13. The number of phenols is 1. The van der Waals surface area contributed by atoms with Crippen LogP contribution in [0.25, 0.3) is 5.76 Å². The van der Waals surface area contributed by atoms with Crippen molar-refractivity contribution in [2.24, 2.45) is 17.6 Å². The molecule has 0 spiro atoms. The predicted octanol–water partition coefficient (Wildman–Crippen LogP) is -0.579. The number of amides is 1. The molecule has 1 unspecified atom stereocenters. The zero-order valence-electron chi connectivity index (χ0n) is 17.8. The summed E-state index contributed by atoms with van der Waals surface area (Å²) in [5.41, 5.74) is -0.0544. The van der Waals surface area contributed by atoms with Gasteiger partial charge in [0.1, 0.15) is 23.4 Å². The Bertz CT molecular complexity index is 1110. The Hall–Kier alpha value is -2.92. The van der Waals surface area contributed by atoms with E-state index in [0.29, 0.717) is 0 Å². The first-order valence-corrected chi connectivity index (χ1v) is 10.1. The number of carbonyl (C=O) groups is 2. The van der Waals surface area contributed by atoms with E-state index < -0.39 is 64.0 Å². The van der Waals surface area contributed by atoms with E-state index in [4.69, 9.17) is 5.73 Å². The predicted molar refractivity (Wildman–Crippen MR) is 111 cm³/mol. The monoisotopic (exact) mass is 446 g/mol. The Morgan fingerprint density at radius 1 is 1.19 bits per heavy atom. The van der Waals surface area contributed by atoms with E-state index in [1.165, 1.54) is 30.0 Å². The third-order valence-corrected chi connectivity index (χ3v) is 7.22. The highest BCUT2D eigenvalue weighted by atomic mass is 16.4. The maximum Gasteiger partial charge on any atom is 0.250 e. The molecule has 1 amide bonds. The van der Waals surface area contributed by atoms with Crippen LogP contribution in [-0.2, 0) is 15.2 Å². The minimum absolute atomic E-state index is 0.139. The lowest BCUT2D eigenvalue weighted by Crippen LogP contribution is -2.69. The number of hydrogen-bond acceptors (Lipinski definition) is 9. The van der Waals surface area contributed by atoms with Crippen LogP contribution in [-0.4, -0.2) is 79.1 Å². The minimum atomic E-state index is -2.62. The summed E-state index contributed by atoms with van der Waals surface area (Å²) in [5.74, 6) is -6.08. The van der Waals surface area contributed by atoms with E-state index in [1.807, 2.05) is 0 Å². The van der Waals surface area contributed by atoms with Gasteiger partial charge in [0.15, 0.2) is 11.4 Å². The highest BCUT2D eigenvalue weighted by molar-refractivity contribution is 6.11. The molecule has 1 aromatic carbocycles. The number of phenolic OH excluding ortho intramolecular Hbond substituents is 1. The normalized spacial score (nSPS) is 36.7. The third kappa shape index (κ3) is 2.54. The van der Waals surface area contributed by atoms with E-state index in [1.54, 1.807) is 14.1 Å². The van der Waals surface area contributed by atoms with E-state index >= 15 is 0 Å². The number of aliphatic hydroxyl groups is 5. The number of fused-ring (bicyclic) bond motifs is 3. The van der Waals surface area contributed by atoms with Gasteiger partial charge in [-0.25, -0.2) is 0 Å². The number of aliphatic hydroxyl groups excluding tert-OH is 3. The highest BCUT2D eigenvalue weighted by Crippen LogP contribution is 2.57. The number of nitrogens with two attached hydrogens (primary N) is 1. The number of nitrogens with zero attached hydrogens (tertiary/aromatic N) is 1. The smallest absolute Gasteiger partial charge is 0.250 e. The second kappa shape index (κ2) is 6.79. The standard InChI is InChI=1S/C22H26N2O8/c1-21(31)8-5-4-6-11(25)12(8)16(26)13-9(21)7-10-15(24(2)3)17(27)14(20(23)30)19(29)22(10,32)18(13)28/h4-6,9-10,15,19,25-27,29,31-32H,7H2,1-3H3,(H2,23,30)/t9-,10-,15-,19?,21+,22-/m0/s1.